The van der Waals surface area contributed by atoms with E-state index >= 15 is 0 Å². The number of hydrogen-bond acceptors (Lipinski definition) is 7. The van der Waals surface area contributed by atoms with Gasteiger partial charge in [0.15, 0.2) is 0 Å². The van der Waals surface area contributed by atoms with Crippen molar-refractivity contribution in [2.75, 3.05) is 18.6 Å². The number of nitrogens with zero attached hydrogens (tertiary/aromatic N) is 1. The number of carbonyl (C=O) groups excluding carboxylic acids is 1. The van der Waals surface area contributed by atoms with Gasteiger partial charge in [-0.15, -0.1) is 0 Å². The van der Waals surface area contributed by atoms with Crippen molar-refractivity contribution in [3.05, 3.63) is 34.4 Å². The van der Waals surface area contributed by atoms with Crippen molar-refractivity contribution in [1.82, 2.24) is 4.72 Å². The molecule has 0 aliphatic rings. The molecule has 0 amide bonds. The molecular formula is C14H20N2O6S2. The van der Waals surface area contributed by atoms with E-state index in [1.54, 1.807) is 0 Å². The van der Waals surface area contributed by atoms with Crippen LogP contribution in [0.2, 0.25) is 0 Å². The Morgan fingerprint density at radius 2 is 2.00 bits per heavy atom. The zero-order valence-corrected chi connectivity index (χ0v) is 15.1. The molecule has 24 heavy (non-hydrogen) atoms. The van der Waals surface area contributed by atoms with E-state index in [1.165, 1.54) is 11.8 Å². The van der Waals surface area contributed by atoms with Crippen LogP contribution < -0.4 is 4.72 Å². The lowest BCUT2D eigenvalue weighted by atomic mass is 10.2. The minimum absolute atomic E-state index is 0.148. The van der Waals surface area contributed by atoms with E-state index in [9.17, 15) is 23.3 Å². The van der Waals surface area contributed by atoms with Crippen LogP contribution in [-0.2, 0) is 19.6 Å². The molecule has 134 valence electrons. The standard InChI is InChI=1S/C14H20N2O6S2/c1-3-9-22-14(17)13(8-10-23-2)15-24(20,21)12-6-4-11(5-7-12)16(18)19/h4-7,13,15H,3,8-10H2,1-2H3/t13-/m1/s1. The Kier molecular flexibility index (Phi) is 8.16. The highest BCUT2D eigenvalue weighted by atomic mass is 32.2. The Balaban J connectivity index is 2.92. The van der Waals surface area contributed by atoms with E-state index in [1.807, 2.05) is 13.2 Å². The van der Waals surface area contributed by atoms with Gasteiger partial charge in [-0.2, -0.15) is 16.5 Å². The molecular weight excluding hydrogens is 356 g/mol. The molecule has 0 saturated heterocycles. The monoisotopic (exact) mass is 376 g/mol. The second kappa shape index (κ2) is 9.60. The van der Waals surface area contributed by atoms with Gasteiger partial charge in [-0.3, -0.25) is 14.9 Å². The fourth-order valence-corrected chi connectivity index (χ4v) is 3.46. The smallest absolute Gasteiger partial charge is 0.324 e. The average molecular weight is 376 g/mol. The molecule has 0 spiro atoms. The van der Waals surface area contributed by atoms with E-state index < -0.39 is 27.0 Å². The fraction of sp³-hybridized carbons (Fsp3) is 0.500. The molecule has 0 aliphatic carbocycles. The summed E-state index contributed by atoms with van der Waals surface area (Å²) in [5.74, 6) is -0.0503. The second-order valence-electron chi connectivity index (χ2n) is 4.87. The zero-order chi connectivity index (χ0) is 18.2. The summed E-state index contributed by atoms with van der Waals surface area (Å²) in [4.78, 5) is 21.9. The molecule has 0 heterocycles. The first-order chi connectivity index (χ1) is 11.3. The minimum atomic E-state index is -3.99. The van der Waals surface area contributed by atoms with Crippen molar-refractivity contribution in [1.29, 1.82) is 0 Å². The van der Waals surface area contributed by atoms with Crippen LogP contribution in [0.15, 0.2) is 29.2 Å². The van der Waals surface area contributed by atoms with Crippen molar-refractivity contribution in [3.63, 3.8) is 0 Å². The number of nitrogens with one attached hydrogen (secondary N) is 1. The summed E-state index contributed by atoms with van der Waals surface area (Å²) in [6.07, 6.45) is 2.77. The van der Waals surface area contributed by atoms with Gasteiger partial charge in [-0.25, -0.2) is 8.42 Å². The number of rotatable bonds is 10. The van der Waals surface area contributed by atoms with Crippen molar-refractivity contribution >= 4 is 33.4 Å². The zero-order valence-electron chi connectivity index (χ0n) is 13.4. The summed E-state index contributed by atoms with van der Waals surface area (Å²) in [6.45, 7) is 2.05. The average Bonchev–Trinajstić information content (AvgIpc) is 2.56. The van der Waals surface area contributed by atoms with Gasteiger partial charge in [0.25, 0.3) is 5.69 Å². The lowest BCUT2D eigenvalue weighted by Crippen LogP contribution is -2.42. The Morgan fingerprint density at radius 3 is 2.50 bits per heavy atom. The molecule has 0 aliphatic heterocycles. The van der Waals surface area contributed by atoms with Crippen LogP contribution in [0.3, 0.4) is 0 Å². The maximum Gasteiger partial charge on any atom is 0.324 e. The van der Waals surface area contributed by atoms with E-state index in [4.69, 9.17) is 4.74 Å². The molecule has 8 nitrogen and oxygen atoms in total. The van der Waals surface area contributed by atoms with E-state index in [0.29, 0.717) is 12.2 Å². The summed E-state index contributed by atoms with van der Waals surface area (Å²) < 4.78 is 32.1. The Labute approximate surface area is 145 Å². The third kappa shape index (κ3) is 6.10. The first-order valence-corrected chi connectivity index (χ1v) is 10.1. The van der Waals surface area contributed by atoms with Crippen molar-refractivity contribution in [2.24, 2.45) is 0 Å². The molecule has 10 heteroatoms. The molecule has 1 N–H and O–H groups in total. The quantitative estimate of drug-likeness (QED) is 0.377. The van der Waals surface area contributed by atoms with Crippen LogP contribution in [0.25, 0.3) is 0 Å². The van der Waals surface area contributed by atoms with Gasteiger partial charge in [0.1, 0.15) is 6.04 Å². The van der Waals surface area contributed by atoms with Gasteiger partial charge in [-0.05, 0) is 37.0 Å². The number of carbonyl (C=O) groups is 1. The first kappa shape index (κ1) is 20.4. The molecule has 0 bridgehead atoms. The highest BCUT2D eigenvalue weighted by Crippen LogP contribution is 2.17. The molecule has 1 aromatic rings. The Bertz CT molecular complexity index is 660. The van der Waals surface area contributed by atoms with Crippen LogP contribution >= 0.6 is 11.8 Å². The van der Waals surface area contributed by atoms with Gasteiger partial charge in [0, 0.05) is 12.1 Å². The number of nitro groups is 1. The van der Waals surface area contributed by atoms with Gasteiger partial charge >= 0.3 is 5.97 Å². The van der Waals surface area contributed by atoms with Gasteiger partial charge < -0.3 is 4.74 Å². The van der Waals surface area contributed by atoms with E-state index in [0.717, 1.165) is 24.3 Å². The fourth-order valence-electron chi connectivity index (χ4n) is 1.77. The predicted octanol–water partition coefficient (Wildman–Crippen LogP) is 1.95. The van der Waals surface area contributed by atoms with Gasteiger partial charge in [0.05, 0.1) is 16.4 Å². The highest BCUT2D eigenvalue weighted by molar-refractivity contribution is 7.98. The third-order valence-corrected chi connectivity index (χ3v) is 5.13. The SMILES string of the molecule is CCCOC(=O)[C@@H](CCSC)NS(=O)(=O)c1ccc([N+](=O)[O-])cc1. The van der Waals surface area contributed by atoms with Gasteiger partial charge in [0.2, 0.25) is 10.0 Å². The first-order valence-electron chi connectivity index (χ1n) is 7.24. The Morgan fingerprint density at radius 1 is 1.38 bits per heavy atom. The molecule has 0 saturated carbocycles. The second-order valence-corrected chi connectivity index (χ2v) is 7.57. The number of benzene rings is 1. The van der Waals surface area contributed by atoms with Crippen molar-refractivity contribution in [3.8, 4) is 0 Å². The predicted molar refractivity (Wildman–Crippen MR) is 91.5 cm³/mol. The number of thioether (sulfide) groups is 1. The van der Waals surface area contributed by atoms with Crippen molar-refractivity contribution < 1.29 is 22.9 Å². The molecule has 0 unspecified atom stereocenters. The van der Waals surface area contributed by atoms with Crippen LogP contribution in [0.1, 0.15) is 19.8 Å². The molecule has 0 fully saturated rings. The topological polar surface area (TPSA) is 116 Å². The Hall–Kier alpha value is -1.65. The summed E-state index contributed by atoms with van der Waals surface area (Å²) in [5, 5.41) is 10.6. The van der Waals surface area contributed by atoms with E-state index in [-0.39, 0.29) is 23.6 Å². The number of ether oxygens (including phenoxy) is 1. The minimum Gasteiger partial charge on any atom is -0.465 e. The molecule has 0 radical (unpaired) electrons. The summed E-state index contributed by atoms with van der Waals surface area (Å²) in [7, 11) is -3.99. The number of esters is 1. The van der Waals surface area contributed by atoms with Crippen LogP contribution in [-0.4, -0.2) is 44.0 Å². The molecule has 1 atom stereocenters. The molecule has 1 aromatic carbocycles. The maximum absolute atomic E-state index is 12.4. The van der Waals surface area contributed by atoms with Crippen molar-refractivity contribution in [2.45, 2.75) is 30.7 Å². The number of nitro benzene ring substituents is 1. The number of sulfonamides is 1. The van der Waals surface area contributed by atoms with E-state index in [2.05, 4.69) is 4.72 Å². The third-order valence-electron chi connectivity index (χ3n) is 3.00. The van der Waals surface area contributed by atoms with Crippen LogP contribution in [0.4, 0.5) is 5.69 Å². The highest BCUT2D eigenvalue weighted by Gasteiger charge is 2.27. The lowest BCUT2D eigenvalue weighted by molar-refractivity contribution is -0.384. The van der Waals surface area contributed by atoms with Crippen LogP contribution in [0.5, 0.6) is 0 Å². The van der Waals surface area contributed by atoms with Crippen LogP contribution in [0, 0.1) is 10.1 Å². The maximum atomic E-state index is 12.4. The summed E-state index contributed by atoms with van der Waals surface area (Å²) in [5.41, 5.74) is -0.213. The lowest BCUT2D eigenvalue weighted by Gasteiger charge is -2.17. The largest absolute Gasteiger partial charge is 0.465 e. The summed E-state index contributed by atoms with van der Waals surface area (Å²) in [6, 6.07) is 3.46. The summed E-state index contributed by atoms with van der Waals surface area (Å²) >= 11 is 1.48. The number of hydrogen-bond donors (Lipinski definition) is 1. The molecule has 0 aromatic heterocycles. The molecule has 1 rings (SSSR count). The van der Waals surface area contributed by atoms with Gasteiger partial charge in [-0.1, -0.05) is 6.92 Å². The number of non-ortho nitro benzene ring substituents is 1. The normalized spacial score (nSPS) is 12.6.